The first-order chi connectivity index (χ1) is 10.1. The van der Waals surface area contributed by atoms with Crippen molar-refractivity contribution in [3.8, 4) is 0 Å². The number of fused-ring (bicyclic) bond motifs is 3. The van der Waals surface area contributed by atoms with Crippen LogP contribution in [-0.2, 0) is 19.4 Å². The third-order valence-corrected chi connectivity index (χ3v) is 6.62. The van der Waals surface area contributed by atoms with Crippen molar-refractivity contribution < 1.29 is 0 Å². The molecule has 2 aliphatic carbocycles. The summed E-state index contributed by atoms with van der Waals surface area (Å²) in [5.41, 5.74) is 1.44. The van der Waals surface area contributed by atoms with Gasteiger partial charge in [0.1, 0.15) is 4.83 Å². The minimum atomic E-state index is 0.146. The molecule has 2 unspecified atom stereocenters. The summed E-state index contributed by atoms with van der Waals surface area (Å²) in [5.74, 6) is 1.40. The Hall–Kier alpha value is -0.940. The van der Waals surface area contributed by atoms with Gasteiger partial charge in [0.25, 0.3) is 5.56 Å². The standard InChI is InChI=1S/C16H20N2OS2/c1-9-5-6-10(7-9)8-18-15(19)13-11-3-2-4-12(11)21-14(13)17-16(18)20/h9-10H,2-8H2,1H3,(H,17,20). The average molecular weight is 320 g/mol. The van der Waals surface area contributed by atoms with Crippen LogP contribution in [0.15, 0.2) is 4.79 Å². The fourth-order valence-electron chi connectivity index (χ4n) is 4.03. The maximum absolute atomic E-state index is 12.9. The molecular weight excluding hydrogens is 300 g/mol. The molecule has 0 bridgehead atoms. The summed E-state index contributed by atoms with van der Waals surface area (Å²) in [4.78, 5) is 18.6. The van der Waals surface area contributed by atoms with Crippen LogP contribution in [0.2, 0.25) is 0 Å². The number of nitrogens with one attached hydrogen (secondary N) is 1. The average Bonchev–Trinajstić information content (AvgIpc) is 3.10. The molecule has 1 saturated carbocycles. The fourth-order valence-corrected chi connectivity index (χ4v) is 5.63. The Kier molecular flexibility index (Phi) is 3.30. The Labute approximate surface area is 133 Å². The molecule has 2 atom stereocenters. The summed E-state index contributed by atoms with van der Waals surface area (Å²) in [5, 5.41) is 0.923. The van der Waals surface area contributed by atoms with Gasteiger partial charge in [0, 0.05) is 11.4 Å². The molecule has 21 heavy (non-hydrogen) atoms. The second-order valence-corrected chi connectivity index (χ2v) is 8.18. The first kappa shape index (κ1) is 13.7. The molecule has 0 saturated heterocycles. The van der Waals surface area contributed by atoms with E-state index in [1.54, 1.807) is 11.3 Å². The number of aryl methyl sites for hydroxylation is 2. The molecule has 5 heteroatoms. The van der Waals surface area contributed by atoms with Crippen molar-refractivity contribution in [1.82, 2.24) is 9.55 Å². The summed E-state index contributed by atoms with van der Waals surface area (Å²) in [6, 6.07) is 0. The van der Waals surface area contributed by atoms with E-state index >= 15 is 0 Å². The highest BCUT2D eigenvalue weighted by molar-refractivity contribution is 7.71. The Morgan fingerprint density at radius 2 is 2.24 bits per heavy atom. The van der Waals surface area contributed by atoms with E-state index in [4.69, 9.17) is 12.2 Å². The summed E-state index contributed by atoms with van der Waals surface area (Å²) in [7, 11) is 0. The molecule has 3 nitrogen and oxygen atoms in total. The van der Waals surface area contributed by atoms with E-state index < -0.39 is 0 Å². The maximum atomic E-state index is 12.9. The van der Waals surface area contributed by atoms with Gasteiger partial charge in [-0.2, -0.15) is 0 Å². The monoisotopic (exact) mass is 320 g/mol. The molecular formula is C16H20N2OS2. The summed E-state index contributed by atoms with van der Waals surface area (Å²) in [6.45, 7) is 3.09. The number of aromatic amines is 1. The van der Waals surface area contributed by atoms with Crippen molar-refractivity contribution in [2.75, 3.05) is 0 Å². The first-order valence-corrected chi connectivity index (χ1v) is 9.13. The molecule has 0 spiro atoms. The van der Waals surface area contributed by atoms with Crippen LogP contribution in [0, 0.1) is 16.6 Å². The highest BCUT2D eigenvalue weighted by atomic mass is 32.1. The van der Waals surface area contributed by atoms with Crippen molar-refractivity contribution in [3.05, 3.63) is 25.6 Å². The smallest absolute Gasteiger partial charge is 0.263 e. The SMILES string of the molecule is CC1CCC(Cn2c(=S)[nH]c3sc4c(c3c2=O)CCC4)C1. The number of aromatic nitrogens is 2. The third-order valence-electron chi connectivity index (χ3n) is 5.09. The molecule has 2 heterocycles. The number of thiophene rings is 1. The van der Waals surface area contributed by atoms with E-state index in [2.05, 4.69) is 11.9 Å². The predicted molar refractivity (Wildman–Crippen MR) is 89.8 cm³/mol. The number of hydrogen-bond donors (Lipinski definition) is 1. The topological polar surface area (TPSA) is 37.8 Å². The van der Waals surface area contributed by atoms with Crippen molar-refractivity contribution in [2.45, 2.75) is 52.0 Å². The van der Waals surface area contributed by atoms with Gasteiger partial charge in [-0.1, -0.05) is 13.3 Å². The minimum Gasteiger partial charge on any atom is -0.323 e. The summed E-state index contributed by atoms with van der Waals surface area (Å²) < 4.78 is 2.43. The van der Waals surface area contributed by atoms with Crippen LogP contribution in [0.4, 0.5) is 0 Å². The molecule has 1 fully saturated rings. The van der Waals surface area contributed by atoms with Crippen molar-refractivity contribution in [1.29, 1.82) is 0 Å². The van der Waals surface area contributed by atoms with Crippen molar-refractivity contribution >= 4 is 33.8 Å². The summed E-state index contributed by atoms with van der Waals surface area (Å²) in [6.07, 6.45) is 7.09. The number of H-pyrrole nitrogens is 1. The van der Waals surface area contributed by atoms with Crippen LogP contribution >= 0.6 is 23.6 Å². The quantitative estimate of drug-likeness (QED) is 0.848. The van der Waals surface area contributed by atoms with E-state index in [-0.39, 0.29) is 5.56 Å². The molecule has 112 valence electrons. The highest BCUT2D eigenvalue weighted by Gasteiger charge is 2.25. The van der Waals surface area contributed by atoms with Crippen LogP contribution in [0.1, 0.15) is 43.0 Å². The lowest BCUT2D eigenvalue weighted by Crippen LogP contribution is -2.25. The molecule has 1 N–H and O–H groups in total. The van der Waals surface area contributed by atoms with Gasteiger partial charge in [0.15, 0.2) is 4.77 Å². The van der Waals surface area contributed by atoms with E-state index in [1.165, 1.54) is 36.1 Å². The third kappa shape index (κ3) is 2.21. The predicted octanol–water partition coefficient (Wildman–Crippen LogP) is 4.05. The molecule has 0 amide bonds. The first-order valence-electron chi connectivity index (χ1n) is 7.91. The zero-order valence-electron chi connectivity index (χ0n) is 12.3. The van der Waals surface area contributed by atoms with Crippen molar-refractivity contribution in [2.24, 2.45) is 11.8 Å². The van der Waals surface area contributed by atoms with Gasteiger partial charge in [-0.25, -0.2) is 0 Å². The molecule has 0 aliphatic heterocycles. The van der Waals surface area contributed by atoms with Gasteiger partial charge in [0.2, 0.25) is 0 Å². The zero-order valence-corrected chi connectivity index (χ0v) is 13.9. The molecule has 2 aromatic rings. The van der Waals surface area contributed by atoms with Gasteiger partial charge in [0.05, 0.1) is 5.39 Å². The highest BCUT2D eigenvalue weighted by Crippen LogP contribution is 2.35. The van der Waals surface area contributed by atoms with Gasteiger partial charge >= 0.3 is 0 Å². The van der Waals surface area contributed by atoms with Gasteiger partial charge in [-0.05, 0) is 61.7 Å². The van der Waals surface area contributed by atoms with Crippen LogP contribution in [-0.4, -0.2) is 9.55 Å². The largest absolute Gasteiger partial charge is 0.323 e. The Balaban J connectivity index is 1.82. The maximum Gasteiger partial charge on any atom is 0.263 e. The number of hydrogen-bond acceptors (Lipinski definition) is 3. The molecule has 2 aromatic heterocycles. The van der Waals surface area contributed by atoms with E-state index in [9.17, 15) is 4.79 Å². The van der Waals surface area contributed by atoms with Crippen molar-refractivity contribution in [3.63, 3.8) is 0 Å². The summed E-state index contributed by atoms with van der Waals surface area (Å²) >= 11 is 7.18. The van der Waals surface area contributed by atoms with Crippen LogP contribution in [0.25, 0.3) is 10.2 Å². The van der Waals surface area contributed by atoms with Crippen LogP contribution in [0.3, 0.4) is 0 Å². The second kappa shape index (κ2) is 5.06. The van der Waals surface area contributed by atoms with Crippen LogP contribution in [0.5, 0.6) is 0 Å². The molecule has 0 radical (unpaired) electrons. The van der Waals surface area contributed by atoms with Gasteiger partial charge in [-0.3, -0.25) is 9.36 Å². The zero-order chi connectivity index (χ0) is 14.6. The molecule has 0 aromatic carbocycles. The molecule has 4 rings (SSSR count). The lowest BCUT2D eigenvalue weighted by Gasteiger charge is -2.12. The Bertz CT molecular complexity index is 814. The van der Waals surface area contributed by atoms with E-state index in [1.807, 2.05) is 4.57 Å². The number of rotatable bonds is 2. The lowest BCUT2D eigenvalue weighted by atomic mass is 10.1. The second-order valence-electron chi connectivity index (χ2n) is 6.69. The van der Waals surface area contributed by atoms with Gasteiger partial charge < -0.3 is 4.98 Å². The lowest BCUT2D eigenvalue weighted by molar-refractivity contribution is 0.429. The Morgan fingerprint density at radius 3 is 3.00 bits per heavy atom. The van der Waals surface area contributed by atoms with E-state index in [0.29, 0.717) is 10.7 Å². The molecule has 2 aliphatic rings. The fraction of sp³-hybridized carbons (Fsp3) is 0.625. The van der Waals surface area contributed by atoms with Gasteiger partial charge in [-0.15, -0.1) is 11.3 Å². The minimum absolute atomic E-state index is 0.146. The van der Waals surface area contributed by atoms with Crippen LogP contribution < -0.4 is 5.56 Å². The van der Waals surface area contributed by atoms with E-state index in [0.717, 1.165) is 35.5 Å². The normalized spacial score (nSPS) is 24.8. The number of nitrogens with zero attached hydrogens (tertiary/aromatic N) is 1. The Morgan fingerprint density at radius 1 is 1.38 bits per heavy atom.